The summed E-state index contributed by atoms with van der Waals surface area (Å²) in [5.74, 6) is -1.50. The Hall–Kier alpha value is -4.69. The van der Waals surface area contributed by atoms with Crippen molar-refractivity contribution >= 4 is 29.9 Å². The van der Waals surface area contributed by atoms with Gasteiger partial charge in [-0.25, -0.2) is 0 Å². The van der Waals surface area contributed by atoms with E-state index in [1.54, 1.807) is 54.6 Å². The van der Waals surface area contributed by atoms with Crippen molar-refractivity contribution in [3.05, 3.63) is 114 Å². The van der Waals surface area contributed by atoms with Crippen LogP contribution in [0.15, 0.2) is 97.2 Å². The summed E-state index contributed by atoms with van der Waals surface area (Å²) in [6.45, 7) is 3.75. The second-order valence-corrected chi connectivity index (χ2v) is 9.81. The molecule has 0 unspecified atom stereocenters. The molecule has 3 aromatic rings. The van der Waals surface area contributed by atoms with Gasteiger partial charge >= 0.3 is 0 Å². The van der Waals surface area contributed by atoms with E-state index in [1.165, 1.54) is 12.3 Å². The number of nitrogens with one attached hydrogen (secondary N) is 3. The average Bonchev–Trinajstić information content (AvgIpc) is 2.97. The number of aliphatic hydroxyl groups excluding tert-OH is 1. The second-order valence-electron chi connectivity index (χ2n) is 9.81. The highest BCUT2D eigenvalue weighted by molar-refractivity contribution is 5.97. The van der Waals surface area contributed by atoms with Crippen molar-refractivity contribution in [1.82, 2.24) is 16.0 Å². The van der Waals surface area contributed by atoms with E-state index in [-0.39, 0.29) is 5.92 Å². The van der Waals surface area contributed by atoms with Gasteiger partial charge in [-0.15, -0.1) is 0 Å². The van der Waals surface area contributed by atoms with Crippen LogP contribution >= 0.6 is 0 Å². The van der Waals surface area contributed by atoms with Crippen molar-refractivity contribution in [2.24, 2.45) is 5.92 Å². The van der Waals surface area contributed by atoms with Gasteiger partial charge in [0.1, 0.15) is 30.0 Å². The lowest BCUT2D eigenvalue weighted by Crippen LogP contribution is -2.60. The van der Waals surface area contributed by atoms with E-state index in [0.717, 1.165) is 11.1 Å². The molecule has 0 radical (unpaired) electrons. The van der Waals surface area contributed by atoms with Crippen molar-refractivity contribution in [1.29, 1.82) is 0 Å². The molecule has 2 aliphatic rings. The van der Waals surface area contributed by atoms with Gasteiger partial charge in [-0.2, -0.15) is 0 Å². The van der Waals surface area contributed by atoms with E-state index in [0.29, 0.717) is 11.3 Å². The largest absolute Gasteiger partial charge is 0.487 e. The smallest absolute Gasteiger partial charge is 0.249 e. The molecule has 2 bridgehead atoms. The first-order chi connectivity index (χ1) is 19.3. The number of carbonyl (C=O) groups excluding carboxylic acids is 3. The third-order valence-electron chi connectivity index (χ3n) is 6.48. The minimum absolute atomic E-state index is 0.215. The highest BCUT2D eigenvalue weighted by atomic mass is 16.5. The van der Waals surface area contributed by atoms with Gasteiger partial charge in [-0.1, -0.05) is 86.6 Å². The molecule has 2 heterocycles. The summed E-state index contributed by atoms with van der Waals surface area (Å²) < 4.78 is 6.24. The Kier molecular flexibility index (Phi) is 9.48. The molecule has 4 atom stereocenters. The van der Waals surface area contributed by atoms with E-state index in [9.17, 15) is 19.5 Å². The zero-order chi connectivity index (χ0) is 28.5. The Balaban J connectivity index is 1.69. The van der Waals surface area contributed by atoms with E-state index < -0.39 is 42.0 Å². The SMILES string of the molecule is CC(C)[C@H]1Oc2ccc(cc2)C=CNC(=O)[C@@H]([C@H](O)c2ccccc2)NC(=O)[C@@H]1NC(=O)C=Cc1ccccc1. The van der Waals surface area contributed by atoms with Crippen LogP contribution in [0.1, 0.15) is 36.6 Å². The van der Waals surface area contributed by atoms with Crippen LogP contribution in [-0.2, 0) is 14.4 Å². The van der Waals surface area contributed by atoms with Crippen LogP contribution in [-0.4, -0.2) is 41.0 Å². The first-order valence-electron chi connectivity index (χ1n) is 13.1. The molecule has 8 nitrogen and oxygen atoms in total. The van der Waals surface area contributed by atoms with Gasteiger partial charge in [0.2, 0.25) is 17.7 Å². The summed E-state index contributed by atoms with van der Waals surface area (Å²) in [5, 5.41) is 19.2. The van der Waals surface area contributed by atoms with E-state index in [2.05, 4.69) is 16.0 Å². The summed E-state index contributed by atoms with van der Waals surface area (Å²) in [6, 6.07) is 22.5. The van der Waals surface area contributed by atoms with Gasteiger partial charge < -0.3 is 25.8 Å². The molecule has 206 valence electrons. The van der Waals surface area contributed by atoms with Gasteiger partial charge in [0, 0.05) is 12.3 Å². The van der Waals surface area contributed by atoms with Crippen molar-refractivity contribution in [3.8, 4) is 5.75 Å². The fourth-order valence-corrected chi connectivity index (χ4v) is 4.32. The van der Waals surface area contributed by atoms with Crippen LogP contribution in [0.4, 0.5) is 0 Å². The number of hydrogen-bond donors (Lipinski definition) is 4. The predicted molar refractivity (Wildman–Crippen MR) is 154 cm³/mol. The zero-order valence-electron chi connectivity index (χ0n) is 22.4. The molecular weight excluding hydrogens is 506 g/mol. The maximum Gasteiger partial charge on any atom is 0.249 e. The van der Waals surface area contributed by atoms with E-state index >= 15 is 0 Å². The zero-order valence-corrected chi connectivity index (χ0v) is 22.4. The summed E-state index contributed by atoms with van der Waals surface area (Å²) in [5.41, 5.74) is 2.08. The molecule has 0 fully saturated rings. The third kappa shape index (κ3) is 7.45. The quantitative estimate of drug-likeness (QED) is 0.357. The molecule has 0 saturated heterocycles. The van der Waals surface area contributed by atoms with Crippen molar-refractivity contribution in [2.45, 2.75) is 38.1 Å². The lowest BCUT2D eigenvalue weighted by molar-refractivity contribution is -0.135. The van der Waals surface area contributed by atoms with Gasteiger partial charge in [0.15, 0.2) is 0 Å². The lowest BCUT2D eigenvalue weighted by atomic mass is 9.96. The van der Waals surface area contributed by atoms with Crippen LogP contribution in [0.3, 0.4) is 0 Å². The van der Waals surface area contributed by atoms with Gasteiger partial charge in [0.05, 0.1) is 0 Å². The highest BCUT2D eigenvalue weighted by Gasteiger charge is 2.38. The van der Waals surface area contributed by atoms with Crippen molar-refractivity contribution in [3.63, 3.8) is 0 Å². The maximum absolute atomic E-state index is 13.8. The monoisotopic (exact) mass is 539 g/mol. The molecule has 40 heavy (non-hydrogen) atoms. The first-order valence-corrected chi connectivity index (χ1v) is 13.1. The Bertz CT molecular complexity index is 1350. The number of rotatable bonds is 6. The van der Waals surface area contributed by atoms with Crippen LogP contribution in [0, 0.1) is 5.92 Å². The van der Waals surface area contributed by atoms with Crippen molar-refractivity contribution < 1.29 is 24.2 Å². The van der Waals surface area contributed by atoms with E-state index in [1.807, 2.05) is 56.3 Å². The first kappa shape index (κ1) is 28.3. The number of benzene rings is 3. The molecule has 0 aromatic heterocycles. The maximum atomic E-state index is 13.8. The number of amides is 3. The highest BCUT2D eigenvalue weighted by Crippen LogP contribution is 2.22. The summed E-state index contributed by atoms with van der Waals surface area (Å²) >= 11 is 0. The molecule has 3 amide bonds. The molecule has 3 aromatic carbocycles. The number of aliphatic hydroxyl groups is 1. The normalized spacial score (nSPS) is 20.4. The van der Waals surface area contributed by atoms with E-state index in [4.69, 9.17) is 4.74 Å². The topological polar surface area (TPSA) is 117 Å². The summed E-state index contributed by atoms with van der Waals surface area (Å²) in [6.07, 6.45) is 3.98. The predicted octanol–water partition coefficient (Wildman–Crippen LogP) is 3.61. The summed E-state index contributed by atoms with van der Waals surface area (Å²) in [4.78, 5) is 40.1. The summed E-state index contributed by atoms with van der Waals surface area (Å²) in [7, 11) is 0. The minimum atomic E-state index is -1.35. The lowest BCUT2D eigenvalue weighted by Gasteiger charge is -2.32. The standard InChI is InChI=1S/C32H33N3O5/c1-21(2)30-28(34-26(36)18-15-22-9-5-3-6-10-22)32(39)35-27(29(37)24-11-7-4-8-12-24)31(38)33-20-19-23-13-16-25(40-30)17-14-23/h3-21,27-30,37H,1-2H3,(H,33,38)(H,34,36)(H,35,39)/t27-,28-,29-,30-/m1/s1. The second kappa shape index (κ2) is 13.4. The molecule has 0 aliphatic carbocycles. The van der Waals surface area contributed by atoms with Crippen LogP contribution in [0.25, 0.3) is 12.2 Å². The molecule has 8 heteroatoms. The van der Waals surface area contributed by atoms with Gasteiger partial charge in [-0.05, 0) is 46.9 Å². The van der Waals surface area contributed by atoms with Gasteiger partial charge in [0.25, 0.3) is 0 Å². The Morgan fingerprint density at radius 3 is 2.23 bits per heavy atom. The molecule has 5 rings (SSSR count). The minimum Gasteiger partial charge on any atom is -0.487 e. The molecular formula is C32H33N3O5. The van der Waals surface area contributed by atoms with Crippen LogP contribution in [0.2, 0.25) is 0 Å². The molecule has 0 saturated carbocycles. The number of fused-ring (bicyclic) bond motifs is 10. The average molecular weight is 540 g/mol. The van der Waals surface area contributed by atoms with Crippen LogP contribution in [0.5, 0.6) is 5.75 Å². The molecule has 4 N–H and O–H groups in total. The Morgan fingerprint density at radius 1 is 0.925 bits per heavy atom. The molecule has 2 aliphatic heterocycles. The Morgan fingerprint density at radius 2 is 1.57 bits per heavy atom. The fourth-order valence-electron chi connectivity index (χ4n) is 4.32. The fraction of sp³-hybridized carbons (Fsp3) is 0.219. The van der Waals surface area contributed by atoms with Crippen molar-refractivity contribution in [2.75, 3.05) is 0 Å². The van der Waals surface area contributed by atoms with Crippen LogP contribution < -0.4 is 20.7 Å². The number of carbonyl (C=O) groups is 3. The molecule has 0 spiro atoms. The van der Waals surface area contributed by atoms with Gasteiger partial charge in [-0.3, -0.25) is 14.4 Å². The Labute approximate surface area is 233 Å². The number of hydrogen-bond acceptors (Lipinski definition) is 5. The number of ether oxygens (including phenoxy) is 1. The third-order valence-corrected chi connectivity index (χ3v) is 6.48.